The molecule has 1 aliphatic rings. The van der Waals surface area contributed by atoms with Gasteiger partial charge in [0.05, 0.1) is 10.5 Å². The normalized spacial score (nSPS) is 15.8. The number of oxazole rings is 1. The molecule has 0 aliphatic carbocycles. The third kappa shape index (κ3) is 3.33. The fourth-order valence-electron chi connectivity index (χ4n) is 2.71. The lowest BCUT2D eigenvalue weighted by atomic mass is 10.2. The van der Waals surface area contributed by atoms with E-state index in [0.717, 1.165) is 0 Å². The molecular formula is C16H17N3O6S. The van der Waals surface area contributed by atoms with Crippen molar-refractivity contribution in [2.45, 2.75) is 11.8 Å². The molecule has 1 aliphatic heterocycles. The Balaban J connectivity index is 1.69. The second-order valence-electron chi connectivity index (χ2n) is 5.78. The largest absolute Gasteiger partial charge is 0.478 e. The minimum Gasteiger partial charge on any atom is -0.478 e. The van der Waals surface area contributed by atoms with Crippen LogP contribution in [0.3, 0.4) is 0 Å². The minimum atomic E-state index is -3.75. The summed E-state index contributed by atoms with van der Waals surface area (Å²) >= 11 is 0. The number of carbonyl (C=O) groups is 2. The minimum absolute atomic E-state index is 0.0161. The summed E-state index contributed by atoms with van der Waals surface area (Å²) in [6.07, 6.45) is 1.20. The lowest BCUT2D eigenvalue weighted by Crippen LogP contribution is -2.50. The Morgan fingerprint density at radius 2 is 1.73 bits per heavy atom. The summed E-state index contributed by atoms with van der Waals surface area (Å²) in [5, 5.41) is 8.90. The van der Waals surface area contributed by atoms with Crippen LogP contribution in [-0.2, 0) is 10.0 Å². The molecule has 0 radical (unpaired) electrons. The van der Waals surface area contributed by atoms with E-state index < -0.39 is 16.0 Å². The van der Waals surface area contributed by atoms with Gasteiger partial charge in [-0.1, -0.05) is 0 Å². The summed E-state index contributed by atoms with van der Waals surface area (Å²) in [4.78, 5) is 28.7. The van der Waals surface area contributed by atoms with Gasteiger partial charge in [0.25, 0.3) is 5.91 Å². The fourth-order valence-corrected chi connectivity index (χ4v) is 4.13. The molecule has 1 aromatic heterocycles. The van der Waals surface area contributed by atoms with Gasteiger partial charge in [-0.3, -0.25) is 4.79 Å². The topological polar surface area (TPSA) is 121 Å². The first-order valence-corrected chi connectivity index (χ1v) is 9.27. The van der Waals surface area contributed by atoms with Gasteiger partial charge < -0.3 is 14.4 Å². The highest BCUT2D eigenvalue weighted by Gasteiger charge is 2.31. The highest BCUT2D eigenvalue weighted by Crippen LogP contribution is 2.19. The third-order valence-corrected chi connectivity index (χ3v) is 6.13. The lowest BCUT2D eigenvalue weighted by Gasteiger charge is -2.33. The first kappa shape index (κ1) is 18.1. The number of rotatable bonds is 4. The zero-order valence-electron chi connectivity index (χ0n) is 14.0. The van der Waals surface area contributed by atoms with Gasteiger partial charge in [0.15, 0.2) is 12.1 Å². The highest BCUT2D eigenvalue weighted by molar-refractivity contribution is 7.89. The van der Waals surface area contributed by atoms with Crippen molar-refractivity contribution in [2.75, 3.05) is 26.2 Å². The molecule has 9 nitrogen and oxygen atoms in total. The smallest absolute Gasteiger partial charge is 0.335 e. The number of hydrogen-bond acceptors (Lipinski definition) is 6. The van der Waals surface area contributed by atoms with Crippen molar-refractivity contribution in [2.24, 2.45) is 0 Å². The van der Waals surface area contributed by atoms with Crippen LogP contribution in [0.5, 0.6) is 0 Å². The van der Waals surface area contributed by atoms with Crippen molar-refractivity contribution in [1.82, 2.24) is 14.2 Å². The van der Waals surface area contributed by atoms with Crippen molar-refractivity contribution in [1.29, 1.82) is 0 Å². The monoisotopic (exact) mass is 379 g/mol. The number of aromatic carboxylic acids is 1. The summed E-state index contributed by atoms with van der Waals surface area (Å²) < 4.78 is 31.7. The number of piperazine rings is 1. The van der Waals surface area contributed by atoms with Crippen molar-refractivity contribution in [3.63, 3.8) is 0 Å². The number of carboxylic acids is 1. The Morgan fingerprint density at radius 3 is 2.23 bits per heavy atom. The van der Waals surface area contributed by atoms with E-state index in [1.807, 2.05) is 0 Å². The summed E-state index contributed by atoms with van der Waals surface area (Å²) in [7, 11) is -3.75. The molecule has 0 saturated carbocycles. The van der Waals surface area contributed by atoms with Gasteiger partial charge in [0.2, 0.25) is 10.0 Å². The van der Waals surface area contributed by atoms with Gasteiger partial charge in [-0.15, -0.1) is 0 Å². The molecule has 3 rings (SSSR count). The Hall–Kier alpha value is -2.72. The van der Waals surface area contributed by atoms with Crippen molar-refractivity contribution >= 4 is 21.9 Å². The standard InChI is InChI=1S/C16H17N3O6S/c1-11-14(17-10-25-11)15(20)18-6-8-19(9-7-18)26(23,24)13-4-2-12(3-5-13)16(21)22/h2-5,10H,6-9H2,1H3,(H,21,22). The molecule has 0 bridgehead atoms. The number of carbonyl (C=O) groups excluding carboxylic acids is 1. The van der Waals surface area contributed by atoms with Crippen LogP contribution in [-0.4, -0.2) is 65.8 Å². The van der Waals surface area contributed by atoms with Crippen molar-refractivity contribution < 1.29 is 27.5 Å². The lowest BCUT2D eigenvalue weighted by molar-refractivity contribution is 0.0685. The van der Waals surface area contributed by atoms with E-state index in [9.17, 15) is 18.0 Å². The fraction of sp³-hybridized carbons (Fsp3) is 0.312. The van der Waals surface area contributed by atoms with E-state index in [2.05, 4.69) is 4.98 Å². The van der Waals surface area contributed by atoms with Crippen LogP contribution in [0.2, 0.25) is 0 Å². The second kappa shape index (κ2) is 6.89. The van der Waals surface area contributed by atoms with E-state index in [1.54, 1.807) is 6.92 Å². The maximum atomic E-state index is 12.7. The second-order valence-corrected chi connectivity index (χ2v) is 7.72. The number of nitrogens with zero attached hydrogens (tertiary/aromatic N) is 3. The molecule has 1 fully saturated rings. The molecule has 2 heterocycles. The molecule has 1 N–H and O–H groups in total. The number of sulfonamides is 1. The number of aromatic nitrogens is 1. The predicted molar refractivity (Wildman–Crippen MR) is 89.3 cm³/mol. The van der Waals surface area contributed by atoms with E-state index >= 15 is 0 Å². The highest BCUT2D eigenvalue weighted by atomic mass is 32.2. The summed E-state index contributed by atoms with van der Waals surface area (Å²) in [6.45, 7) is 2.40. The van der Waals surface area contributed by atoms with Gasteiger partial charge in [0.1, 0.15) is 5.76 Å². The molecule has 1 saturated heterocycles. The van der Waals surface area contributed by atoms with Crippen molar-refractivity contribution in [3.8, 4) is 0 Å². The Morgan fingerprint density at radius 1 is 1.12 bits per heavy atom. The van der Waals surface area contributed by atoms with E-state index in [1.165, 1.54) is 39.9 Å². The summed E-state index contributed by atoms with van der Waals surface area (Å²) in [5.74, 6) is -0.994. The van der Waals surface area contributed by atoms with Gasteiger partial charge in [-0.2, -0.15) is 4.31 Å². The van der Waals surface area contributed by atoms with Gasteiger partial charge in [0, 0.05) is 26.2 Å². The van der Waals surface area contributed by atoms with Crippen LogP contribution >= 0.6 is 0 Å². The Kier molecular flexibility index (Phi) is 4.79. The SMILES string of the molecule is Cc1ocnc1C(=O)N1CCN(S(=O)(=O)c2ccc(C(=O)O)cc2)CC1. The first-order valence-electron chi connectivity index (χ1n) is 7.83. The van der Waals surface area contributed by atoms with Crippen LogP contribution in [0, 0.1) is 6.92 Å². The number of benzene rings is 1. The molecule has 0 atom stereocenters. The van der Waals surface area contributed by atoms with E-state index in [-0.39, 0.29) is 48.2 Å². The summed E-state index contributed by atoms with van der Waals surface area (Å²) in [5.41, 5.74) is 0.243. The molecule has 0 spiro atoms. The molecular weight excluding hydrogens is 362 g/mol. The maximum Gasteiger partial charge on any atom is 0.335 e. The maximum absolute atomic E-state index is 12.7. The average Bonchev–Trinajstić information content (AvgIpc) is 3.07. The van der Waals surface area contributed by atoms with Gasteiger partial charge in [-0.05, 0) is 31.2 Å². The molecule has 26 heavy (non-hydrogen) atoms. The molecule has 10 heteroatoms. The summed E-state index contributed by atoms with van der Waals surface area (Å²) in [6, 6.07) is 5.05. The Labute approximate surface area is 149 Å². The number of carboxylic acid groups (broad SMARTS) is 1. The zero-order chi connectivity index (χ0) is 18.9. The molecule has 138 valence electrons. The molecule has 1 amide bonds. The van der Waals surface area contributed by atoms with Crippen LogP contribution in [0.25, 0.3) is 0 Å². The van der Waals surface area contributed by atoms with Crippen LogP contribution in [0.4, 0.5) is 0 Å². The number of aryl methyl sites for hydroxylation is 1. The predicted octanol–water partition coefficient (Wildman–Crippen LogP) is 0.828. The third-order valence-electron chi connectivity index (χ3n) is 4.21. The Bertz CT molecular complexity index is 927. The van der Waals surface area contributed by atoms with Crippen LogP contribution in [0.1, 0.15) is 26.6 Å². The van der Waals surface area contributed by atoms with E-state index in [4.69, 9.17) is 9.52 Å². The van der Waals surface area contributed by atoms with Gasteiger partial charge >= 0.3 is 5.97 Å². The van der Waals surface area contributed by atoms with Crippen molar-refractivity contribution in [3.05, 3.63) is 47.7 Å². The van der Waals surface area contributed by atoms with Gasteiger partial charge in [-0.25, -0.2) is 18.2 Å². The molecule has 0 unspecified atom stereocenters. The molecule has 2 aromatic rings. The first-order chi connectivity index (χ1) is 12.3. The number of hydrogen-bond donors (Lipinski definition) is 1. The number of amides is 1. The van der Waals surface area contributed by atoms with Crippen LogP contribution < -0.4 is 0 Å². The van der Waals surface area contributed by atoms with Crippen LogP contribution in [0.15, 0.2) is 40.0 Å². The van der Waals surface area contributed by atoms with E-state index in [0.29, 0.717) is 5.76 Å². The quantitative estimate of drug-likeness (QED) is 0.835. The average molecular weight is 379 g/mol. The zero-order valence-corrected chi connectivity index (χ0v) is 14.8. The molecule has 1 aromatic carbocycles.